The minimum atomic E-state index is 0.482. The van der Waals surface area contributed by atoms with Crippen LogP contribution in [-0.4, -0.2) is 11.1 Å². The quantitative estimate of drug-likeness (QED) is 0.504. The summed E-state index contributed by atoms with van der Waals surface area (Å²) in [7, 11) is 0. The van der Waals surface area contributed by atoms with E-state index in [1.807, 2.05) is 30.0 Å². The first-order valence-electron chi connectivity index (χ1n) is 5.29. The fourth-order valence-corrected chi connectivity index (χ4v) is 4.62. The highest BCUT2D eigenvalue weighted by atomic mass is 79.9. The van der Waals surface area contributed by atoms with E-state index in [-0.39, 0.29) is 0 Å². The molecule has 0 atom stereocenters. The first-order valence-corrected chi connectivity index (χ1v) is 8.15. The van der Waals surface area contributed by atoms with E-state index in [2.05, 4.69) is 15.9 Å². The molecule has 1 aliphatic carbocycles. The molecule has 88 valence electrons. The van der Waals surface area contributed by atoms with E-state index in [9.17, 15) is 0 Å². The van der Waals surface area contributed by atoms with Gasteiger partial charge in [0.15, 0.2) is 0 Å². The Morgan fingerprint density at radius 1 is 1.31 bits per heavy atom. The molecule has 0 aromatic heterocycles. The molecule has 16 heavy (non-hydrogen) atoms. The normalized spacial score (nSPS) is 18.2. The molecule has 1 fully saturated rings. The van der Waals surface area contributed by atoms with Crippen molar-refractivity contribution in [3.63, 3.8) is 0 Å². The van der Waals surface area contributed by atoms with E-state index in [0.29, 0.717) is 5.41 Å². The molecule has 0 unspecified atom stereocenters. The predicted molar refractivity (Wildman–Crippen MR) is 77.3 cm³/mol. The van der Waals surface area contributed by atoms with Gasteiger partial charge in [0.2, 0.25) is 0 Å². The van der Waals surface area contributed by atoms with Gasteiger partial charge in [-0.3, -0.25) is 0 Å². The largest absolute Gasteiger partial charge is 0.124 e. The molecule has 0 saturated heterocycles. The Kier molecular flexibility index (Phi) is 4.51. The Bertz CT molecular complexity index is 372. The molecule has 1 aliphatic rings. The SMILES string of the molecule is Clc1ccc(Cl)c(SCC2(CBr)CCC2)c1. The lowest BCUT2D eigenvalue weighted by molar-refractivity contribution is 0.206. The maximum absolute atomic E-state index is 6.14. The van der Waals surface area contributed by atoms with Gasteiger partial charge in [0.1, 0.15) is 0 Å². The van der Waals surface area contributed by atoms with Crippen LogP contribution in [0.2, 0.25) is 10.0 Å². The monoisotopic (exact) mass is 338 g/mol. The molecule has 0 N–H and O–H groups in total. The van der Waals surface area contributed by atoms with Gasteiger partial charge in [-0.25, -0.2) is 0 Å². The number of hydrogen-bond acceptors (Lipinski definition) is 1. The van der Waals surface area contributed by atoms with Crippen LogP contribution in [0.4, 0.5) is 0 Å². The summed E-state index contributed by atoms with van der Waals surface area (Å²) in [5.74, 6) is 1.12. The third-order valence-electron chi connectivity index (χ3n) is 3.12. The second kappa shape index (κ2) is 5.51. The van der Waals surface area contributed by atoms with E-state index in [4.69, 9.17) is 23.2 Å². The molecule has 0 nitrogen and oxygen atoms in total. The van der Waals surface area contributed by atoms with E-state index in [1.165, 1.54) is 19.3 Å². The number of rotatable bonds is 4. The molecule has 0 amide bonds. The number of alkyl halides is 1. The minimum Gasteiger partial charge on any atom is -0.124 e. The lowest BCUT2D eigenvalue weighted by Gasteiger charge is -2.40. The molecule has 2 rings (SSSR count). The first kappa shape index (κ1) is 13.1. The van der Waals surface area contributed by atoms with Crippen LogP contribution >= 0.6 is 50.9 Å². The first-order chi connectivity index (χ1) is 7.65. The zero-order valence-corrected chi connectivity index (χ0v) is 12.7. The Morgan fingerprint density at radius 3 is 2.62 bits per heavy atom. The molecule has 0 spiro atoms. The second-order valence-electron chi connectivity index (χ2n) is 4.35. The van der Waals surface area contributed by atoms with Gasteiger partial charge in [0.25, 0.3) is 0 Å². The summed E-state index contributed by atoms with van der Waals surface area (Å²) in [5.41, 5.74) is 0.482. The lowest BCUT2D eigenvalue weighted by atomic mass is 9.72. The van der Waals surface area contributed by atoms with Crippen molar-refractivity contribution in [3.8, 4) is 0 Å². The van der Waals surface area contributed by atoms with Crippen LogP contribution in [0.1, 0.15) is 19.3 Å². The highest BCUT2D eigenvalue weighted by Crippen LogP contribution is 2.46. The maximum atomic E-state index is 6.14. The second-order valence-corrected chi connectivity index (χ2v) is 6.77. The van der Waals surface area contributed by atoms with Crippen LogP contribution in [0.5, 0.6) is 0 Å². The van der Waals surface area contributed by atoms with Gasteiger partial charge < -0.3 is 0 Å². The summed E-state index contributed by atoms with van der Waals surface area (Å²) in [4.78, 5) is 1.10. The molecule has 1 aromatic rings. The zero-order chi connectivity index (χ0) is 11.6. The molecular weight excluding hydrogens is 327 g/mol. The van der Waals surface area contributed by atoms with Crippen molar-refractivity contribution < 1.29 is 0 Å². The summed E-state index contributed by atoms with van der Waals surface area (Å²) in [6, 6.07) is 5.65. The smallest absolute Gasteiger partial charge is 0.0542 e. The topological polar surface area (TPSA) is 0 Å². The van der Waals surface area contributed by atoms with Gasteiger partial charge >= 0.3 is 0 Å². The van der Waals surface area contributed by atoms with Gasteiger partial charge in [0, 0.05) is 21.0 Å². The number of hydrogen-bond donors (Lipinski definition) is 0. The average Bonchev–Trinajstić information content (AvgIpc) is 2.22. The van der Waals surface area contributed by atoms with E-state index in [1.54, 1.807) is 0 Å². The predicted octanol–water partition coefficient (Wildman–Crippen LogP) is 5.65. The van der Waals surface area contributed by atoms with Gasteiger partial charge in [-0.1, -0.05) is 45.6 Å². The maximum Gasteiger partial charge on any atom is 0.0542 e. The fourth-order valence-electron chi connectivity index (χ4n) is 1.81. The summed E-state index contributed by atoms with van der Waals surface area (Å²) < 4.78 is 0. The van der Waals surface area contributed by atoms with Crippen molar-refractivity contribution in [3.05, 3.63) is 28.2 Å². The summed E-state index contributed by atoms with van der Waals surface area (Å²) in [6.07, 6.45) is 4.00. The minimum absolute atomic E-state index is 0.482. The Labute approximate surface area is 119 Å². The third-order valence-corrected chi connectivity index (χ3v) is 6.40. The number of halogens is 3. The summed E-state index contributed by atoms with van der Waals surface area (Å²) in [6.45, 7) is 0. The van der Waals surface area contributed by atoms with Crippen LogP contribution in [-0.2, 0) is 0 Å². The lowest BCUT2D eigenvalue weighted by Crippen LogP contribution is -2.33. The van der Waals surface area contributed by atoms with Crippen molar-refractivity contribution in [1.82, 2.24) is 0 Å². The molecule has 0 bridgehead atoms. The molecular formula is C12H13BrCl2S. The van der Waals surface area contributed by atoms with Crippen molar-refractivity contribution in [2.45, 2.75) is 24.2 Å². The van der Waals surface area contributed by atoms with Gasteiger partial charge in [0.05, 0.1) is 5.02 Å². The molecule has 0 heterocycles. The average molecular weight is 340 g/mol. The van der Waals surface area contributed by atoms with Crippen molar-refractivity contribution in [2.24, 2.45) is 5.41 Å². The summed E-state index contributed by atoms with van der Waals surface area (Å²) in [5, 5.41) is 2.65. The molecule has 1 saturated carbocycles. The van der Waals surface area contributed by atoms with Crippen molar-refractivity contribution in [2.75, 3.05) is 11.1 Å². The van der Waals surface area contributed by atoms with Crippen LogP contribution in [0.15, 0.2) is 23.1 Å². The van der Waals surface area contributed by atoms with E-state index < -0.39 is 0 Å². The Morgan fingerprint density at radius 2 is 2.06 bits per heavy atom. The molecule has 0 aliphatic heterocycles. The third kappa shape index (κ3) is 2.90. The van der Waals surface area contributed by atoms with Crippen molar-refractivity contribution in [1.29, 1.82) is 0 Å². The van der Waals surface area contributed by atoms with Crippen molar-refractivity contribution >= 4 is 50.9 Å². The zero-order valence-electron chi connectivity index (χ0n) is 8.81. The fraction of sp³-hybridized carbons (Fsp3) is 0.500. The molecule has 0 radical (unpaired) electrons. The van der Waals surface area contributed by atoms with Gasteiger partial charge in [-0.15, -0.1) is 11.8 Å². The Balaban J connectivity index is 2.01. The Hall–Kier alpha value is 0.630. The highest BCUT2D eigenvalue weighted by Gasteiger charge is 2.35. The van der Waals surface area contributed by atoms with Crippen LogP contribution in [0.3, 0.4) is 0 Å². The van der Waals surface area contributed by atoms with Crippen LogP contribution in [0.25, 0.3) is 0 Å². The van der Waals surface area contributed by atoms with Crippen LogP contribution in [0, 0.1) is 5.41 Å². The molecule has 1 aromatic carbocycles. The standard InChI is InChI=1S/C12H13BrCl2S/c13-7-12(4-1-5-12)8-16-11-6-9(14)2-3-10(11)15/h2-3,6H,1,4-5,7-8H2. The van der Waals surface area contributed by atoms with Crippen LogP contribution < -0.4 is 0 Å². The number of thioether (sulfide) groups is 1. The van der Waals surface area contributed by atoms with Gasteiger partial charge in [-0.05, 0) is 36.5 Å². The van der Waals surface area contributed by atoms with E-state index >= 15 is 0 Å². The number of benzene rings is 1. The molecule has 4 heteroatoms. The summed E-state index contributed by atoms with van der Waals surface area (Å²) >= 11 is 17.5. The van der Waals surface area contributed by atoms with Gasteiger partial charge in [-0.2, -0.15) is 0 Å². The van der Waals surface area contributed by atoms with E-state index in [0.717, 1.165) is 26.0 Å². The highest BCUT2D eigenvalue weighted by molar-refractivity contribution is 9.09.